The van der Waals surface area contributed by atoms with Gasteiger partial charge in [-0.05, 0) is 18.4 Å². The van der Waals surface area contributed by atoms with Crippen LogP contribution in [0.3, 0.4) is 0 Å². The summed E-state index contributed by atoms with van der Waals surface area (Å²) >= 11 is 5.91. The van der Waals surface area contributed by atoms with Crippen molar-refractivity contribution in [1.82, 2.24) is 29.3 Å². The van der Waals surface area contributed by atoms with E-state index in [2.05, 4.69) is 22.2 Å². The molecule has 0 saturated carbocycles. The number of hydrogen-bond acceptors (Lipinski definition) is 5. The number of unbranched alkanes of at least 4 members (excludes halogenated alkanes) is 2. The number of nitrogens with one attached hydrogen (secondary N) is 1. The first-order chi connectivity index (χ1) is 16.4. The number of carbonyl (C=O) groups is 2. The van der Waals surface area contributed by atoms with Gasteiger partial charge in [-0.1, -0.05) is 61.7 Å². The van der Waals surface area contributed by atoms with Crippen molar-refractivity contribution in [3.8, 4) is 0 Å². The fourth-order valence-corrected chi connectivity index (χ4v) is 4.34. The minimum Gasteiger partial charge on any atom is -0.420 e. The molecule has 3 aromatic rings. The molecule has 0 aliphatic carbocycles. The summed E-state index contributed by atoms with van der Waals surface area (Å²) < 4.78 is 2.51. The second-order valence-electron chi connectivity index (χ2n) is 8.30. The topological polar surface area (TPSA) is 120 Å². The van der Waals surface area contributed by atoms with Gasteiger partial charge in [-0.3, -0.25) is 23.6 Å². The van der Waals surface area contributed by atoms with E-state index in [0.29, 0.717) is 13.0 Å². The van der Waals surface area contributed by atoms with Crippen LogP contribution in [0.25, 0.3) is 11.2 Å². The number of aryl methyl sites for hydroxylation is 1. The number of rotatable bonds is 10. The Balaban J connectivity index is 0.00000342. The molecule has 3 amide bonds. The van der Waals surface area contributed by atoms with E-state index in [-0.39, 0.29) is 71.4 Å². The largest absolute Gasteiger partial charge is 1.00 e. The first-order valence-corrected chi connectivity index (χ1v) is 11.8. The van der Waals surface area contributed by atoms with Gasteiger partial charge in [0, 0.05) is 42.5 Å². The molecular formula is C23H26ClN6NaO4. The van der Waals surface area contributed by atoms with E-state index in [1.165, 1.54) is 4.57 Å². The van der Waals surface area contributed by atoms with Crippen molar-refractivity contribution in [3.05, 3.63) is 62.0 Å². The second-order valence-corrected chi connectivity index (χ2v) is 8.64. The summed E-state index contributed by atoms with van der Waals surface area (Å²) in [5, 5.41) is 2.62. The number of amides is 3. The van der Waals surface area contributed by atoms with Crippen LogP contribution in [-0.2, 0) is 24.3 Å². The number of carbonyl (C=O) groups excluding carboxylic acids is 2. The molecule has 1 aliphatic rings. The van der Waals surface area contributed by atoms with Crippen molar-refractivity contribution in [2.24, 2.45) is 0 Å². The van der Waals surface area contributed by atoms with E-state index < -0.39 is 23.3 Å². The molecule has 1 unspecified atom stereocenters. The van der Waals surface area contributed by atoms with Crippen molar-refractivity contribution in [2.45, 2.75) is 58.2 Å². The Bertz CT molecular complexity index is 1320. The predicted molar refractivity (Wildman–Crippen MR) is 127 cm³/mol. The number of fused-ring (bicyclic) bond motifs is 1. The first kappa shape index (κ1) is 27.2. The van der Waals surface area contributed by atoms with E-state index in [1.807, 2.05) is 30.3 Å². The summed E-state index contributed by atoms with van der Waals surface area (Å²) in [6.07, 6.45) is 3.29. The van der Waals surface area contributed by atoms with Gasteiger partial charge in [0.2, 0.25) is 0 Å². The molecule has 3 heterocycles. The van der Waals surface area contributed by atoms with Gasteiger partial charge in [-0.15, -0.1) is 0 Å². The zero-order valence-corrected chi connectivity index (χ0v) is 22.6. The number of imidazole rings is 1. The first-order valence-electron chi connectivity index (χ1n) is 11.4. The van der Waals surface area contributed by atoms with Gasteiger partial charge in [0.15, 0.2) is 0 Å². The van der Waals surface area contributed by atoms with Gasteiger partial charge in [0.1, 0.15) is 6.04 Å². The van der Waals surface area contributed by atoms with Gasteiger partial charge in [0.05, 0.1) is 0 Å². The van der Waals surface area contributed by atoms with E-state index in [1.54, 1.807) is 0 Å². The van der Waals surface area contributed by atoms with E-state index in [9.17, 15) is 19.2 Å². The van der Waals surface area contributed by atoms with Gasteiger partial charge < -0.3 is 15.3 Å². The van der Waals surface area contributed by atoms with E-state index in [0.717, 1.165) is 34.3 Å². The minimum atomic E-state index is -0.633. The van der Waals surface area contributed by atoms with Crippen LogP contribution in [0, 0.1) is 0 Å². The maximum atomic E-state index is 13.1. The van der Waals surface area contributed by atoms with Crippen LogP contribution in [0.4, 0.5) is 4.79 Å². The molecule has 35 heavy (non-hydrogen) atoms. The fourth-order valence-electron chi connectivity index (χ4n) is 4.17. The number of halogens is 1. The van der Waals surface area contributed by atoms with Gasteiger partial charge >= 0.3 is 41.3 Å². The molecule has 4 rings (SSSR count). The van der Waals surface area contributed by atoms with Gasteiger partial charge in [0.25, 0.3) is 11.5 Å². The summed E-state index contributed by atoms with van der Waals surface area (Å²) in [4.78, 5) is 60.3. The molecule has 180 valence electrons. The quantitative estimate of drug-likeness (QED) is 0.161. The standard InChI is InChI=1S/C23H27ClN6O4.Na/c1-2-3-7-11-28-18-17(26-21(24)27-18)20(32)30(23(28)34)13-8-12-29-19(31)16(25-22(29)33)14-15-9-5-4-6-10-15;/h4-6,9-10,16H,2-3,7-8,11-14H2,1H3,(H2,25,26,27,32,33);/q;+1/p-1. The molecular weight excluding hydrogens is 483 g/mol. The normalized spacial score (nSPS) is 15.5. The van der Waals surface area contributed by atoms with Crippen LogP contribution in [0.2, 0.25) is 5.28 Å². The Morgan fingerprint density at radius 3 is 2.43 bits per heavy atom. The minimum absolute atomic E-state index is 0. The molecule has 1 aromatic carbocycles. The van der Waals surface area contributed by atoms with Crippen molar-refractivity contribution in [2.75, 3.05) is 6.54 Å². The van der Waals surface area contributed by atoms with Crippen molar-refractivity contribution in [1.29, 1.82) is 0 Å². The molecule has 12 heteroatoms. The zero-order valence-electron chi connectivity index (χ0n) is 19.9. The van der Waals surface area contributed by atoms with Crippen LogP contribution in [0.1, 0.15) is 38.2 Å². The Kier molecular flexibility index (Phi) is 9.34. The molecule has 10 nitrogen and oxygen atoms in total. The zero-order chi connectivity index (χ0) is 24.2. The molecule has 0 bridgehead atoms. The summed E-state index contributed by atoms with van der Waals surface area (Å²) in [5.41, 5.74) is 0.0970. The predicted octanol–water partition coefficient (Wildman–Crippen LogP) is -1.08. The van der Waals surface area contributed by atoms with E-state index >= 15 is 0 Å². The van der Waals surface area contributed by atoms with Crippen LogP contribution in [0.15, 0.2) is 39.9 Å². The maximum absolute atomic E-state index is 13.1. The van der Waals surface area contributed by atoms with Gasteiger partial charge in [-0.2, -0.15) is 0 Å². The number of nitrogens with zero attached hydrogens (tertiary/aromatic N) is 5. The Labute approximate surface area is 229 Å². The molecule has 2 aromatic heterocycles. The Morgan fingerprint density at radius 1 is 1.00 bits per heavy atom. The van der Waals surface area contributed by atoms with Crippen molar-refractivity contribution >= 4 is 34.7 Å². The van der Waals surface area contributed by atoms with Crippen LogP contribution < -0.4 is 51.1 Å². The summed E-state index contributed by atoms with van der Waals surface area (Å²) in [6.45, 7) is 2.57. The van der Waals surface area contributed by atoms with Crippen LogP contribution >= 0.6 is 11.6 Å². The number of benzene rings is 1. The number of urea groups is 1. The fraction of sp³-hybridized carbons (Fsp3) is 0.435. The number of aromatic nitrogens is 4. The average molecular weight is 509 g/mol. The Hall–Kier alpha value is -2.40. The summed E-state index contributed by atoms with van der Waals surface area (Å²) in [7, 11) is 0. The van der Waals surface area contributed by atoms with Crippen molar-refractivity contribution in [3.63, 3.8) is 0 Å². The third-order valence-corrected chi connectivity index (χ3v) is 6.09. The Morgan fingerprint density at radius 2 is 1.71 bits per heavy atom. The monoisotopic (exact) mass is 508 g/mol. The average Bonchev–Trinajstić information content (AvgIpc) is 3.33. The molecule has 1 aliphatic heterocycles. The maximum Gasteiger partial charge on any atom is 1.00 e. The number of hydrogen-bond donors (Lipinski definition) is 1. The molecule has 1 N–H and O–H groups in total. The molecule has 1 fully saturated rings. The third-order valence-electron chi connectivity index (χ3n) is 5.92. The van der Waals surface area contributed by atoms with Crippen molar-refractivity contribution < 1.29 is 39.1 Å². The van der Waals surface area contributed by atoms with Gasteiger partial charge in [-0.25, -0.2) is 9.59 Å². The SMILES string of the molecule is CCCCCn1c(=O)n(CCCN2C(=O)NC(Cc3ccccc3)C2=O)c(=O)c2[n-]c(Cl)nc21.[Na+]. The van der Waals surface area contributed by atoms with Crippen LogP contribution in [-0.4, -0.2) is 43.5 Å². The smallest absolute Gasteiger partial charge is 0.420 e. The number of imide groups is 1. The summed E-state index contributed by atoms with van der Waals surface area (Å²) in [6, 6.07) is 8.33. The third kappa shape index (κ3) is 5.88. The molecule has 0 radical (unpaired) electrons. The summed E-state index contributed by atoms with van der Waals surface area (Å²) in [5.74, 6) is -0.317. The molecule has 1 saturated heterocycles. The molecule has 1 atom stereocenters. The van der Waals surface area contributed by atoms with Crippen LogP contribution in [0.5, 0.6) is 0 Å². The second kappa shape index (κ2) is 12.0. The molecule has 0 spiro atoms. The van der Waals surface area contributed by atoms with E-state index in [4.69, 9.17) is 11.6 Å².